The van der Waals surface area contributed by atoms with E-state index >= 15 is 0 Å². The van der Waals surface area contributed by atoms with Crippen LogP contribution < -0.4 is 0 Å². The number of carboxylic acids is 1. The van der Waals surface area contributed by atoms with E-state index < -0.39 is 5.97 Å². The van der Waals surface area contributed by atoms with Gasteiger partial charge in [0, 0.05) is 5.56 Å². The largest absolute Gasteiger partial charge is 0.478 e. The van der Waals surface area contributed by atoms with Crippen molar-refractivity contribution in [3.63, 3.8) is 0 Å². The van der Waals surface area contributed by atoms with Crippen LogP contribution in [0.2, 0.25) is 0 Å². The Morgan fingerprint density at radius 3 is 2.55 bits per heavy atom. The highest BCUT2D eigenvalue weighted by Gasteiger charge is 2.09. The molecule has 3 rings (SSSR count). The number of nitrogens with one attached hydrogen (secondary N) is 1. The number of aromatic carboxylic acids is 1. The van der Waals surface area contributed by atoms with Gasteiger partial charge in [0.05, 0.1) is 11.8 Å². The molecule has 2 aromatic heterocycles. The summed E-state index contributed by atoms with van der Waals surface area (Å²) in [5.41, 5.74) is 1.86. The highest BCUT2D eigenvalue weighted by molar-refractivity contribution is 5.88. The first-order valence-corrected chi connectivity index (χ1v) is 6.09. The van der Waals surface area contributed by atoms with Gasteiger partial charge in [-0.3, -0.25) is 0 Å². The van der Waals surface area contributed by atoms with Gasteiger partial charge in [0.1, 0.15) is 17.3 Å². The molecule has 0 saturated heterocycles. The minimum atomic E-state index is -0.942. The molecule has 0 aliphatic rings. The number of imidazole rings is 1. The van der Waals surface area contributed by atoms with Gasteiger partial charge in [-0.15, -0.1) is 0 Å². The van der Waals surface area contributed by atoms with E-state index in [1.807, 2.05) is 19.1 Å². The maximum atomic E-state index is 10.8. The van der Waals surface area contributed by atoms with Gasteiger partial charge in [0.25, 0.3) is 0 Å². The van der Waals surface area contributed by atoms with Gasteiger partial charge in [0.2, 0.25) is 0 Å². The van der Waals surface area contributed by atoms with E-state index in [1.165, 1.54) is 0 Å². The number of carbonyl (C=O) groups is 1. The Morgan fingerprint density at radius 2 is 1.95 bits per heavy atom. The normalized spacial score (nSPS) is 10.7. The first-order valence-electron chi connectivity index (χ1n) is 6.09. The van der Waals surface area contributed by atoms with Crippen molar-refractivity contribution in [2.45, 2.75) is 6.92 Å². The van der Waals surface area contributed by atoms with E-state index in [1.54, 1.807) is 30.5 Å². The highest BCUT2D eigenvalue weighted by Crippen LogP contribution is 2.23. The fourth-order valence-electron chi connectivity index (χ4n) is 1.94. The lowest BCUT2D eigenvalue weighted by atomic mass is 10.1. The first kappa shape index (κ1) is 12.2. The molecule has 0 aliphatic heterocycles. The molecular formula is C15H12N2O3. The molecule has 0 saturated carbocycles. The number of benzene rings is 1. The van der Waals surface area contributed by atoms with Crippen molar-refractivity contribution < 1.29 is 14.3 Å². The van der Waals surface area contributed by atoms with Gasteiger partial charge < -0.3 is 14.5 Å². The molecule has 5 nitrogen and oxygen atoms in total. The van der Waals surface area contributed by atoms with Crippen molar-refractivity contribution in [2.75, 3.05) is 0 Å². The number of rotatable bonds is 3. The standard InChI is InChI=1S/C15H12N2O3/c1-9-2-7-13(20-9)12-8-16-14(17-12)10-3-5-11(6-4-10)15(18)19/h2-8H,1H3,(H,16,17)(H,18,19). The van der Waals surface area contributed by atoms with Crippen molar-refractivity contribution >= 4 is 5.97 Å². The van der Waals surface area contributed by atoms with Gasteiger partial charge in [-0.05, 0) is 31.2 Å². The summed E-state index contributed by atoms with van der Waals surface area (Å²) in [6.45, 7) is 1.88. The third kappa shape index (κ3) is 2.21. The summed E-state index contributed by atoms with van der Waals surface area (Å²) < 4.78 is 5.52. The summed E-state index contributed by atoms with van der Waals surface area (Å²) in [5, 5.41) is 8.87. The van der Waals surface area contributed by atoms with Crippen LogP contribution in [0.1, 0.15) is 16.1 Å². The number of aromatic nitrogens is 2. The number of hydrogen-bond acceptors (Lipinski definition) is 3. The summed E-state index contributed by atoms with van der Waals surface area (Å²) in [6.07, 6.45) is 1.69. The van der Waals surface area contributed by atoms with Crippen LogP contribution >= 0.6 is 0 Å². The maximum Gasteiger partial charge on any atom is 0.335 e. The Morgan fingerprint density at radius 1 is 1.20 bits per heavy atom. The fourth-order valence-corrected chi connectivity index (χ4v) is 1.94. The molecule has 2 heterocycles. The van der Waals surface area contributed by atoms with Crippen LogP contribution in [-0.4, -0.2) is 21.0 Å². The average Bonchev–Trinajstić information content (AvgIpc) is 3.07. The molecule has 0 fully saturated rings. The highest BCUT2D eigenvalue weighted by atomic mass is 16.4. The van der Waals surface area contributed by atoms with Crippen LogP contribution in [0.5, 0.6) is 0 Å². The zero-order valence-corrected chi connectivity index (χ0v) is 10.8. The molecule has 5 heteroatoms. The molecule has 0 spiro atoms. The molecule has 1 aromatic carbocycles. The van der Waals surface area contributed by atoms with E-state index in [0.29, 0.717) is 5.82 Å². The van der Waals surface area contributed by atoms with E-state index in [0.717, 1.165) is 22.8 Å². The molecule has 3 aromatic rings. The number of aryl methyl sites for hydroxylation is 1. The van der Waals surface area contributed by atoms with Gasteiger partial charge in [-0.1, -0.05) is 12.1 Å². The van der Waals surface area contributed by atoms with Crippen molar-refractivity contribution in [1.29, 1.82) is 0 Å². The van der Waals surface area contributed by atoms with E-state index in [4.69, 9.17) is 9.52 Å². The van der Waals surface area contributed by atoms with Gasteiger partial charge in [0.15, 0.2) is 5.76 Å². The molecule has 2 N–H and O–H groups in total. The number of hydrogen-bond donors (Lipinski definition) is 2. The maximum absolute atomic E-state index is 10.8. The van der Waals surface area contributed by atoms with Gasteiger partial charge in [-0.2, -0.15) is 0 Å². The molecular weight excluding hydrogens is 256 g/mol. The van der Waals surface area contributed by atoms with E-state index in [9.17, 15) is 4.79 Å². The minimum absolute atomic E-state index is 0.252. The third-order valence-corrected chi connectivity index (χ3v) is 2.99. The smallest absolute Gasteiger partial charge is 0.335 e. The van der Waals surface area contributed by atoms with Crippen LogP contribution in [0, 0.1) is 6.92 Å². The Bertz CT molecular complexity index is 754. The van der Waals surface area contributed by atoms with Crippen LogP contribution in [0.25, 0.3) is 22.8 Å². The molecule has 20 heavy (non-hydrogen) atoms. The molecule has 0 radical (unpaired) electrons. The minimum Gasteiger partial charge on any atom is -0.478 e. The van der Waals surface area contributed by atoms with Crippen LogP contribution in [0.4, 0.5) is 0 Å². The third-order valence-electron chi connectivity index (χ3n) is 2.99. The lowest BCUT2D eigenvalue weighted by molar-refractivity contribution is 0.0697. The number of H-pyrrole nitrogens is 1. The predicted molar refractivity (Wildman–Crippen MR) is 73.4 cm³/mol. The second-order valence-corrected chi connectivity index (χ2v) is 4.44. The van der Waals surface area contributed by atoms with E-state index in [2.05, 4.69) is 9.97 Å². The molecule has 0 unspecified atom stereocenters. The van der Waals surface area contributed by atoms with Crippen LogP contribution in [-0.2, 0) is 0 Å². The lowest BCUT2D eigenvalue weighted by Gasteiger charge is -1.98. The Labute approximate surface area is 114 Å². The number of nitrogens with zero attached hydrogens (tertiary/aromatic N) is 1. The van der Waals surface area contributed by atoms with Crippen molar-refractivity contribution in [2.24, 2.45) is 0 Å². The van der Waals surface area contributed by atoms with Crippen molar-refractivity contribution in [3.8, 4) is 22.8 Å². The SMILES string of the molecule is Cc1ccc(-c2cnc(-c3ccc(C(=O)O)cc3)[nH]2)o1. The average molecular weight is 268 g/mol. The second-order valence-electron chi connectivity index (χ2n) is 4.44. The summed E-state index contributed by atoms with van der Waals surface area (Å²) >= 11 is 0. The second kappa shape index (κ2) is 4.70. The number of carboxylic acid groups (broad SMARTS) is 1. The molecule has 0 bridgehead atoms. The Balaban J connectivity index is 1.91. The van der Waals surface area contributed by atoms with Crippen LogP contribution in [0.15, 0.2) is 47.0 Å². The van der Waals surface area contributed by atoms with Gasteiger partial charge in [-0.25, -0.2) is 9.78 Å². The summed E-state index contributed by atoms with van der Waals surface area (Å²) in [6, 6.07) is 10.3. The summed E-state index contributed by atoms with van der Waals surface area (Å²) in [4.78, 5) is 18.2. The summed E-state index contributed by atoms with van der Waals surface area (Å²) in [7, 11) is 0. The van der Waals surface area contributed by atoms with Crippen LogP contribution in [0.3, 0.4) is 0 Å². The molecule has 0 aliphatic carbocycles. The predicted octanol–water partition coefficient (Wildman–Crippen LogP) is 3.34. The van der Waals surface area contributed by atoms with Crippen molar-refractivity contribution in [1.82, 2.24) is 9.97 Å². The zero-order chi connectivity index (χ0) is 14.1. The monoisotopic (exact) mass is 268 g/mol. The summed E-state index contributed by atoms with van der Waals surface area (Å²) in [5.74, 6) is 1.29. The van der Waals surface area contributed by atoms with Gasteiger partial charge >= 0.3 is 5.97 Å². The fraction of sp³-hybridized carbons (Fsp3) is 0.0667. The number of aromatic amines is 1. The van der Waals surface area contributed by atoms with E-state index in [-0.39, 0.29) is 5.56 Å². The van der Waals surface area contributed by atoms with Crippen molar-refractivity contribution in [3.05, 3.63) is 53.9 Å². The quantitative estimate of drug-likeness (QED) is 0.763. The zero-order valence-electron chi connectivity index (χ0n) is 10.8. The molecule has 100 valence electrons. The topological polar surface area (TPSA) is 79.1 Å². The Hall–Kier alpha value is -2.82. The Kier molecular flexibility index (Phi) is 2.87. The number of furan rings is 1. The first-order chi connectivity index (χ1) is 9.63. The molecule has 0 amide bonds. The lowest BCUT2D eigenvalue weighted by Crippen LogP contribution is -1.95. The molecule has 0 atom stereocenters.